The molecule has 1 heterocycles. The zero-order valence-electron chi connectivity index (χ0n) is 10.9. The van der Waals surface area contributed by atoms with Crippen LogP contribution in [0.25, 0.3) is 0 Å². The summed E-state index contributed by atoms with van der Waals surface area (Å²) in [6.45, 7) is 1.75. The first-order chi connectivity index (χ1) is 8.77. The van der Waals surface area contributed by atoms with Gasteiger partial charge in [0.1, 0.15) is 0 Å². The van der Waals surface area contributed by atoms with E-state index in [9.17, 15) is 4.79 Å². The first-order valence-corrected chi connectivity index (χ1v) is 6.60. The average molecular weight is 247 g/mol. The lowest BCUT2D eigenvalue weighted by atomic mass is 9.76. The van der Waals surface area contributed by atoms with Gasteiger partial charge in [-0.1, -0.05) is 30.3 Å². The van der Waals surface area contributed by atoms with Crippen LogP contribution in [-0.4, -0.2) is 26.2 Å². The van der Waals surface area contributed by atoms with Crippen molar-refractivity contribution >= 4 is 5.97 Å². The third-order valence-corrected chi connectivity index (χ3v) is 3.83. The molecule has 1 saturated heterocycles. The van der Waals surface area contributed by atoms with Crippen LogP contribution in [0.1, 0.15) is 24.8 Å². The van der Waals surface area contributed by atoms with Gasteiger partial charge < -0.3 is 10.1 Å². The van der Waals surface area contributed by atoms with Gasteiger partial charge in [-0.2, -0.15) is 0 Å². The van der Waals surface area contributed by atoms with Crippen LogP contribution in [0.3, 0.4) is 0 Å². The van der Waals surface area contributed by atoms with Crippen LogP contribution in [0.5, 0.6) is 0 Å². The minimum Gasteiger partial charge on any atom is -0.469 e. The Morgan fingerprint density at radius 3 is 2.78 bits per heavy atom. The molecule has 1 N–H and O–H groups in total. The number of ether oxygens (including phenoxy) is 1. The van der Waals surface area contributed by atoms with Gasteiger partial charge in [-0.3, -0.25) is 4.79 Å². The smallest absolute Gasteiger partial charge is 0.313 e. The lowest BCUT2D eigenvalue weighted by Gasteiger charge is -2.35. The van der Waals surface area contributed by atoms with Gasteiger partial charge in [0.05, 0.1) is 12.5 Å². The van der Waals surface area contributed by atoms with Gasteiger partial charge in [0.2, 0.25) is 0 Å². The van der Waals surface area contributed by atoms with E-state index in [2.05, 4.69) is 17.4 Å². The van der Waals surface area contributed by atoms with Crippen molar-refractivity contribution in [3.63, 3.8) is 0 Å². The zero-order valence-corrected chi connectivity index (χ0v) is 10.9. The number of hydrogen-bond donors (Lipinski definition) is 1. The Hall–Kier alpha value is -1.35. The van der Waals surface area contributed by atoms with Gasteiger partial charge in [-0.05, 0) is 37.8 Å². The van der Waals surface area contributed by atoms with Crippen LogP contribution < -0.4 is 5.32 Å². The molecule has 1 atom stereocenters. The van der Waals surface area contributed by atoms with Gasteiger partial charge in [0.25, 0.3) is 0 Å². The van der Waals surface area contributed by atoms with Gasteiger partial charge in [0, 0.05) is 6.54 Å². The number of methoxy groups -OCH3 is 1. The van der Waals surface area contributed by atoms with Crippen LogP contribution in [0.2, 0.25) is 0 Å². The minimum atomic E-state index is -0.331. The number of carbonyl (C=O) groups excluding carboxylic acids is 1. The molecule has 18 heavy (non-hydrogen) atoms. The summed E-state index contributed by atoms with van der Waals surface area (Å²) in [4.78, 5) is 12.0. The van der Waals surface area contributed by atoms with E-state index < -0.39 is 0 Å². The molecule has 98 valence electrons. The van der Waals surface area contributed by atoms with E-state index in [4.69, 9.17) is 4.74 Å². The first kappa shape index (κ1) is 13.1. The second-order valence-corrected chi connectivity index (χ2v) is 5.04. The maximum Gasteiger partial charge on any atom is 0.313 e. The second-order valence-electron chi connectivity index (χ2n) is 5.04. The van der Waals surface area contributed by atoms with Gasteiger partial charge in [-0.25, -0.2) is 0 Å². The molecular weight excluding hydrogens is 226 g/mol. The van der Waals surface area contributed by atoms with E-state index in [0.717, 1.165) is 38.8 Å². The highest BCUT2D eigenvalue weighted by atomic mass is 16.5. The molecule has 1 aromatic carbocycles. The van der Waals surface area contributed by atoms with Crippen molar-refractivity contribution in [1.82, 2.24) is 5.32 Å². The van der Waals surface area contributed by atoms with E-state index >= 15 is 0 Å². The molecule has 3 nitrogen and oxygen atoms in total. The Morgan fingerprint density at radius 2 is 2.17 bits per heavy atom. The highest BCUT2D eigenvalue weighted by molar-refractivity contribution is 5.77. The van der Waals surface area contributed by atoms with Gasteiger partial charge in [-0.15, -0.1) is 0 Å². The normalized spacial score (nSPS) is 23.6. The van der Waals surface area contributed by atoms with Crippen LogP contribution in [0, 0.1) is 5.41 Å². The molecule has 3 heteroatoms. The Balaban J connectivity index is 2.04. The SMILES string of the molecule is COC(=O)C1(CCc2ccccc2)CCCNC1. The summed E-state index contributed by atoms with van der Waals surface area (Å²) in [5.74, 6) is -0.0642. The summed E-state index contributed by atoms with van der Waals surface area (Å²) in [5, 5.41) is 3.33. The molecule has 0 bridgehead atoms. The van der Waals surface area contributed by atoms with E-state index in [1.807, 2.05) is 18.2 Å². The largest absolute Gasteiger partial charge is 0.469 e. The number of esters is 1. The number of rotatable bonds is 4. The molecular formula is C15H21NO2. The molecule has 1 aromatic rings. The third kappa shape index (κ3) is 2.91. The molecule has 0 spiro atoms. The third-order valence-electron chi connectivity index (χ3n) is 3.83. The second kappa shape index (κ2) is 6.01. The molecule has 1 aliphatic rings. The molecule has 0 saturated carbocycles. The van der Waals surface area contributed by atoms with Crippen molar-refractivity contribution < 1.29 is 9.53 Å². The number of nitrogens with one attached hydrogen (secondary N) is 1. The summed E-state index contributed by atoms with van der Waals surface area (Å²) in [6, 6.07) is 10.3. The number of aryl methyl sites for hydroxylation is 1. The Morgan fingerprint density at radius 1 is 1.39 bits per heavy atom. The maximum atomic E-state index is 12.0. The van der Waals surface area contributed by atoms with Crippen LogP contribution in [0.4, 0.5) is 0 Å². The predicted molar refractivity (Wildman–Crippen MR) is 71.3 cm³/mol. The average Bonchev–Trinajstić information content (AvgIpc) is 2.46. The van der Waals surface area contributed by atoms with Crippen molar-refractivity contribution in [2.24, 2.45) is 5.41 Å². The molecule has 0 radical (unpaired) electrons. The highest BCUT2D eigenvalue weighted by Gasteiger charge is 2.40. The molecule has 1 unspecified atom stereocenters. The Labute approximate surface area is 109 Å². The first-order valence-electron chi connectivity index (χ1n) is 6.60. The fourth-order valence-corrected chi connectivity index (χ4v) is 2.70. The summed E-state index contributed by atoms with van der Waals surface area (Å²) in [5.41, 5.74) is 0.953. The summed E-state index contributed by atoms with van der Waals surface area (Å²) >= 11 is 0. The van der Waals surface area contributed by atoms with E-state index in [1.54, 1.807) is 0 Å². The summed E-state index contributed by atoms with van der Waals surface area (Å²) in [7, 11) is 1.49. The highest BCUT2D eigenvalue weighted by Crippen LogP contribution is 2.33. The molecule has 2 rings (SSSR count). The van der Waals surface area contributed by atoms with E-state index in [0.29, 0.717) is 0 Å². The minimum absolute atomic E-state index is 0.0642. The lowest BCUT2D eigenvalue weighted by molar-refractivity contribution is -0.154. The monoisotopic (exact) mass is 247 g/mol. The molecule has 1 aliphatic heterocycles. The number of hydrogen-bond acceptors (Lipinski definition) is 3. The molecule has 1 fully saturated rings. The van der Waals surface area contributed by atoms with Crippen molar-refractivity contribution in [1.29, 1.82) is 0 Å². The summed E-state index contributed by atoms with van der Waals surface area (Å²) < 4.78 is 5.00. The predicted octanol–water partition coefficient (Wildman–Crippen LogP) is 2.16. The Kier molecular flexibility index (Phi) is 4.37. The van der Waals surface area contributed by atoms with Crippen LogP contribution >= 0.6 is 0 Å². The topological polar surface area (TPSA) is 38.3 Å². The van der Waals surface area contributed by atoms with Crippen molar-refractivity contribution in [3.8, 4) is 0 Å². The number of benzene rings is 1. The van der Waals surface area contributed by atoms with Crippen LogP contribution in [-0.2, 0) is 16.0 Å². The standard InChI is InChI=1S/C15H21NO2/c1-18-14(17)15(9-5-11-16-12-15)10-8-13-6-3-2-4-7-13/h2-4,6-7,16H,5,8-12H2,1H3. The Bertz CT molecular complexity index is 383. The fraction of sp³-hybridized carbons (Fsp3) is 0.533. The molecule has 0 amide bonds. The van der Waals surface area contributed by atoms with E-state index in [1.165, 1.54) is 12.7 Å². The number of carbonyl (C=O) groups is 1. The fourth-order valence-electron chi connectivity index (χ4n) is 2.70. The number of piperidine rings is 1. The van der Waals surface area contributed by atoms with Crippen molar-refractivity contribution in [3.05, 3.63) is 35.9 Å². The molecule has 0 aliphatic carbocycles. The van der Waals surface area contributed by atoms with Crippen molar-refractivity contribution in [2.75, 3.05) is 20.2 Å². The van der Waals surface area contributed by atoms with Gasteiger partial charge in [0.15, 0.2) is 0 Å². The van der Waals surface area contributed by atoms with Crippen molar-refractivity contribution in [2.45, 2.75) is 25.7 Å². The maximum absolute atomic E-state index is 12.0. The lowest BCUT2D eigenvalue weighted by Crippen LogP contribution is -2.46. The zero-order chi connectivity index (χ0) is 12.8. The summed E-state index contributed by atoms with van der Waals surface area (Å²) in [6.07, 6.45) is 3.76. The van der Waals surface area contributed by atoms with Crippen LogP contribution in [0.15, 0.2) is 30.3 Å². The van der Waals surface area contributed by atoms with Gasteiger partial charge >= 0.3 is 5.97 Å². The molecule has 0 aromatic heterocycles. The quantitative estimate of drug-likeness (QED) is 0.829. The van der Waals surface area contributed by atoms with E-state index in [-0.39, 0.29) is 11.4 Å².